The van der Waals surface area contributed by atoms with Crippen molar-refractivity contribution in [3.8, 4) is 33.4 Å². The average molecular weight is 605 g/mol. The Morgan fingerprint density at radius 2 is 0.800 bits per heavy atom. The number of Topliss-reactive ketones (excluding diaryl/α,β-unsaturated/α-hetero) is 1. The Hall–Kier alpha value is -4.51. The molecule has 4 aromatic rings. The summed E-state index contributed by atoms with van der Waals surface area (Å²) < 4.78 is 10.8. The van der Waals surface area contributed by atoms with E-state index in [0.29, 0.717) is 36.7 Å². The number of rotatable bonds is 13. The van der Waals surface area contributed by atoms with E-state index in [1.807, 2.05) is 76.2 Å². The minimum Gasteiger partial charge on any atom is -0.462 e. The molecule has 0 saturated heterocycles. The summed E-state index contributed by atoms with van der Waals surface area (Å²) in [6.07, 6.45) is 1.41. The third-order valence-electron chi connectivity index (χ3n) is 7.43. The predicted octanol–water partition coefficient (Wildman–Crippen LogP) is 9.93. The largest absolute Gasteiger partial charge is 0.462 e. The van der Waals surface area contributed by atoms with E-state index in [1.54, 1.807) is 24.3 Å². The third-order valence-corrected chi connectivity index (χ3v) is 7.43. The fraction of sp³-hybridized carbons (Fsp3) is 0.325. The normalized spacial score (nSPS) is 11.2. The topological polar surface area (TPSA) is 69.7 Å². The van der Waals surface area contributed by atoms with Crippen molar-refractivity contribution in [1.82, 2.24) is 0 Å². The lowest BCUT2D eigenvalue weighted by Gasteiger charge is -2.13. The molecule has 0 spiro atoms. The molecular weight excluding hydrogens is 560 g/mol. The van der Waals surface area contributed by atoms with Crippen molar-refractivity contribution in [2.75, 3.05) is 13.2 Å². The van der Waals surface area contributed by atoms with Gasteiger partial charge >= 0.3 is 11.9 Å². The number of carbonyl (C=O) groups excluding carboxylic acids is 3. The van der Waals surface area contributed by atoms with Gasteiger partial charge in [0.1, 0.15) is 0 Å². The molecule has 0 bridgehead atoms. The molecule has 0 aliphatic carbocycles. The zero-order valence-electron chi connectivity index (χ0n) is 27.3. The van der Waals surface area contributed by atoms with Gasteiger partial charge in [-0.2, -0.15) is 0 Å². The van der Waals surface area contributed by atoms with Crippen LogP contribution < -0.4 is 0 Å². The van der Waals surface area contributed by atoms with Crippen molar-refractivity contribution in [1.29, 1.82) is 0 Å². The van der Waals surface area contributed by atoms with E-state index < -0.39 is 0 Å². The summed E-state index contributed by atoms with van der Waals surface area (Å²) in [5, 5.41) is 0. The fourth-order valence-electron chi connectivity index (χ4n) is 4.79. The Morgan fingerprint density at radius 3 is 1.11 bits per heavy atom. The van der Waals surface area contributed by atoms with E-state index in [9.17, 15) is 14.4 Å². The second-order valence-corrected chi connectivity index (χ2v) is 12.9. The zero-order chi connectivity index (χ0) is 32.5. The number of ketones is 1. The zero-order valence-corrected chi connectivity index (χ0v) is 27.3. The number of esters is 2. The lowest BCUT2D eigenvalue weighted by molar-refractivity contribution is 0.0450. The van der Waals surface area contributed by atoms with Gasteiger partial charge in [-0.05, 0) is 100 Å². The van der Waals surface area contributed by atoms with Crippen LogP contribution in [0.25, 0.3) is 33.4 Å². The molecule has 5 heteroatoms. The molecule has 0 atom stereocenters. The Bertz CT molecular complexity index is 1390. The van der Waals surface area contributed by atoms with Gasteiger partial charge in [0, 0.05) is 12.0 Å². The lowest BCUT2D eigenvalue weighted by atomic mass is 9.92. The smallest absolute Gasteiger partial charge is 0.338 e. The summed E-state index contributed by atoms with van der Waals surface area (Å²) in [5.74, 6) is 0.500. The number of benzene rings is 4. The summed E-state index contributed by atoms with van der Waals surface area (Å²) >= 11 is 0. The van der Waals surface area contributed by atoms with Gasteiger partial charge in [0.05, 0.1) is 24.3 Å². The standard InChI is InChI=1S/C40H44O5/c1-26(2)7-20-38(41)32-14-8-29(9-15-32)35-21-36(30-10-16-33(17-11-30)39(42)44-24-27(3)4)23-37(22-35)31-12-18-34(19-13-31)40(43)45-25-28(5)6/h8-19,21-23,26-28H,7,20,24-25H2,1-6H3. The molecule has 0 amide bonds. The van der Waals surface area contributed by atoms with E-state index in [0.717, 1.165) is 45.4 Å². The average Bonchev–Trinajstić information content (AvgIpc) is 3.05. The first-order valence-electron chi connectivity index (χ1n) is 15.8. The van der Waals surface area contributed by atoms with Gasteiger partial charge in [-0.15, -0.1) is 0 Å². The molecule has 4 rings (SSSR count). The molecule has 0 unspecified atom stereocenters. The van der Waals surface area contributed by atoms with Gasteiger partial charge in [0.25, 0.3) is 0 Å². The first kappa shape index (κ1) is 33.4. The highest BCUT2D eigenvalue weighted by molar-refractivity contribution is 5.96. The molecule has 0 radical (unpaired) electrons. The Labute approximate surface area is 267 Å². The molecule has 4 aromatic carbocycles. The molecule has 5 nitrogen and oxygen atoms in total. The lowest BCUT2D eigenvalue weighted by Crippen LogP contribution is -2.10. The summed E-state index contributed by atoms with van der Waals surface area (Å²) in [7, 11) is 0. The van der Waals surface area contributed by atoms with Crippen LogP contribution in [0.5, 0.6) is 0 Å². The Balaban J connectivity index is 1.68. The van der Waals surface area contributed by atoms with E-state index in [-0.39, 0.29) is 29.6 Å². The van der Waals surface area contributed by atoms with Crippen LogP contribution in [0.2, 0.25) is 0 Å². The number of hydrogen-bond acceptors (Lipinski definition) is 5. The maximum absolute atomic E-state index is 12.7. The summed E-state index contributed by atoms with van der Waals surface area (Å²) in [4.78, 5) is 37.7. The SMILES string of the molecule is CC(C)CCC(=O)c1ccc(-c2cc(-c3ccc(C(=O)OCC(C)C)cc3)cc(-c3ccc(C(=O)OCC(C)C)cc3)c2)cc1. The van der Waals surface area contributed by atoms with Gasteiger partial charge in [0.15, 0.2) is 5.78 Å². The Kier molecular flexibility index (Phi) is 11.5. The minimum absolute atomic E-state index is 0.156. The van der Waals surface area contributed by atoms with Crippen LogP contribution in [0.4, 0.5) is 0 Å². The minimum atomic E-state index is -0.334. The first-order chi connectivity index (χ1) is 21.5. The summed E-state index contributed by atoms with van der Waals surface area (Å²) in [6, 6.07) is 29.0. The second-order valence-electron chi connectivity index (χ2n) is 12.9. The number of carbonyl (C=O) groups is 3. The molecular formula is C40H44O5. The molecule has 0 heterocycles. The molecule has 45 heavy (non-hydrogen) atoms. The van der Waals surface area contributed by atoms with Crippen molar-refractivity contribution < 1.29 is 23.9 Å². The van der Waals surface area contributed by atoms with Gasteiger partial charge in [-0.25, -0.2) is 9.59 Å². The maximum atomic E-state index is 12.7. The van der Waals surface area contributed by atoms with Gasteiger partial charge in [-0.3, -0.25) is 4.79 Å². The maximum Gasteiger partial charge on any atom is 0.338 e. The van der Waals surface area contributed by atoms with Gasteiger partial charge in [0.2, 0.25) is 0 Å². The molecule has 0 aromatic heterocycles. The fourth-order valence-corrected chi connectivity index (χ4v) is 4.79. The second kappa shape index (κ2) is 15.5. The van der Waals surface area contributed by atoms with E-state index in [4.69, 9.17) is 9.47 Å². The van der Waals surface area contributed by atoms with E-state index >= 15 is 0 Å². The van der Waals surface area contributed by atoms with Gasteiger partial charge < -0.3 is 9.47 Å². The van der Waals surface area contributed by atoms with Crippen LogP contribution in [0.3, 0.4) is 0 Å². The van der Waals surface area contributed by atoms with Crippen LogP contribution in [-0.2, 0) is 9.47 Å². The molecule has 0 saturated carbocycles. The molecule has 234 valence electrons. The molecule has 0 aliphatic rings. The third kappa shape index (κ3) is 9.49. The molecule has 0 aliphatic heterocycles. The predicted molar refractivity (Wildman–Crippen MR) is 181 cm³/mol. The van der Waals surface area contributed by atoms with E-state index in [2.05, 4.69) is 32.0 Å². The highest BCUT2D eigenvalue weighted by atomic mass is 16.5. The first-order valence-corrected chi connectivity index (χ1v) is 15.8. The van der Waals surface area contributed by atoms with Crippen molar-refractivity contribution in [2.45, 2.75) is 54.4 Å². The van der Waals surface area contributed by atoms with Crippen LogP contribution in [0.1, 0.15) is 85.5 Å². The van der Waals surface area contributed by atoms with Crippen LogP contribution in [0.15, 0.2) is 91.0 Å². The van der Waals surface area contributed by atoms with Crippen molar-refractivity contribution in [3.05, 3.63) is 108 Å². The van der Waals surface area contributed by atoms with Gasteiger partial charge in [-0.1, -0.05) is 90.1 Å². The number of ether oxygens (including phenoxy) is 2. The highest BCUT2D eigenvalue weighted by Crippen LogP contribution is 2.33. The monoisotopic (exact) mass is 604 g/mol. The van der Waals surface area contributed by atoms with Crippen LogP contribution >= 0.6 is 0 Å². The highest BCUT2D eigenvalue weighted by Gasteiger charge is 2.14. The van der Waals surface area contributed by atoms with Crippen LogP contribution in [0, 0.1) is 17.8 Å². The van der Waals surface area contributed by atoms with Crippen molar-refractivity contribution in [2.24, 2.45) is 17.8 Å². The number of hydrogen-bond donors (Lipinski definition) is 0. The molecule has 0 fully saturated rings. The van der Waals surface area contributed by atoms with Crippen molar-refractivity contribution in [3.63, 3.8) is 0 Å². The summed E-state index contributed by atoms with van der Waals surface area (Å²) in [6.45, 7) is 13.0. The Morgan fingerprint density at radius 1 is 0.467 bits per heavy atom. The quantitative estimate of drug-likeness (QED) is 0.112. The van der Waals surface area contributed by atoms with E-state index in [1.165, 1.54) is 0 Å². The van der Waals surface area contributed by atoms with Crippen molar-refractivity contribution >= 4 is 17.7 Å². The van der Waals surface area contributed by atoms with Crippen LogP contribution in [-0.4, -0.2) is 30.9 Å². The molecule has 0 N–H and O–H groups in total. The summed E-state index contributed by atoms with van der Waals surface area (Å²) in [5.41, 5.74) is 7.56.